The van der Waals surface area contributed by atoms with Crippen molar-refractivity contribution in [2.24, 2.45) is 0 Å². The van der Waals surface area contributed by atoms with Crippen LogP contribution in [0.2, 0.25) is 15.1 Å². The fraction of sp³-hybridized carbons (Fsp3) is 0.0476. The van der Waals surface area contributed by atoms with E-state index in [1.165, 1.54) is 23.9 Å². The second-order valence-corrected chi connectivity index (χ2v) is 7.72. The summed E-state index contributed by atoms with van der Waals surface area (Å²) in [5.74, 6) is -0.275. The zero-order valence-corrected chi connectivity index (χ0v) is 18.7. The third-order valence-corrected chi connectivity index (χ3v) is 5.26. The summed E-state index contributed by atoms with van der Waals surface area (Å²) >= 11 is 18.7. The number of fused-ring (bicyclic) bond motifs is 1. The average molecular weight is 491 g/mol. The lowest BCUT2D eigenvalue weighted by atomic mass is 10.2. The van der Waals surface area contributed by atoms with Gasteiger partial charge >= 0.3 is 6.09 Å². The van der Waals surface area contributed by atoms with Crippen LogP contribution in [0.15, 0.2) is 54.7 Å². The van der Waals surface area contributed by atoms with Crippen molar-refractivity contribution in [2.75, 3.05) is 17.7 Å². The summed E-state index contributed by atoms with van der Waals surface area (Å²) in [6.45, 7) is 0. The lowest BCUT2D eigenvalue weighted by Gasteiger charge is -2.15. The molecule has 32 heavy (non-hydrogen) atoms. The third-order valence-electron chi connectivity index (χ3n) is 4.45. The molecule has 0 aliphatic rings. The molecule has 162 valence electrons. The smallest absolute Gasteiger partial charge is 0.411 e. The predicted molar refractivity (Wildman–Crippen MR) is 124 cm³/mol. The maximum Gasteiger partial charge on any atom is 0.411 e. The molecule has 2 amide bonds. The first kappa shape index (κ1) is 21.9. The van der Waals surface area contributed by atoms with E-state index in [4.69, 9.17) is 34.8 Å². The predicted octanol–water partition coefficient (Wildman–Crippen LogP) is 5.81. The van der Waals surface area contributed by atoms with Crippen LogP contribution in [0, 0.1) is 0 Å². The number of carbonyl (C=O) groups is 2. The van der Waals surface area contributed by atoms with E-state index in [1.54, 1.807) is 42.6 Å². The van der Waals surface area contributed by atoms with Gasteiger partial charge in [-0.1, -0.05) is 53.0 Å². The molecule has 0 saturated heterocycles. The zero-order valence-electron chi connectivity index (χ0n) is 16.4. The van der Waals surface area contributed by atoms with E-state index in [1.807, 2.05) is 0 Å². The van der Waals surface area contributed by atoms with Gasteiger partial charge in [-0.3, -0.25) is 10.1 Å². The first-order valence-corrected chi connectivity index (χ1v) is 10.3. The number of aromatic nitrogens is 3. The Morgan fingerprint density at radius 3 is 2.53 bits per heavy atom. The van der Waals surface area contributed by atoms with Crippen molar-refractivity contribution in [3.05, 3.63) is 75.5 Å². The van der Waals surface area contributed by atoms with Gasteiger partial charge in [0.05, 0.1) is 34.0 Å². The van der Waals surface area contributed by atoms with Gasteiger partial charge in [-0.05, 0) is 30.3 Å². The number of amides is 2. The van der Waals surface area contributed by atoms with E-state index in [-0.39, 0.29) is 32.9 Å². The Kier molecular flexibility index (Phi) is 6.18. The Morgan fingerprint density at radius 2 is 1.78 bits per heavy atom. The molecule has 4 aromatic rings. The molecular formula is C21H14Cl3N5O3. The van der Waals surface area contributed by atoms with E-state index in [0.717, 1.165) is 0 Å². The molecule has 11 heteroatoms. The van der Waals surface area contributed by atoms with E-state index < -0.39 is 12.0 Å². The molecule has 8 nitrogen and oxygen atoms in total. The van der Waals surface area contributed by atoms with Gasteiger partial charge in [0.25, 0.3) is 5.91 Å². The van der Waals surface area contributed by atoms with Crippen LogP contribution in [-0.4, -0.2) is 33.9 Å². The monoisotopic (exact) mass is 489 g/mol. The minimum atomic E-state index is -0.755. The summed E-state index contributed by atoms with van der Waals surface area (Å²) in [6.07, 6.45) is 0.790. The number of benzene rings is 2. The lowest BCUT2D eigenvalue weighted by molar-refractivity contribution is 0.102. The standard InChI is InChI=1S/C21H14Cl3N5O3/c1-32-21(31)26-16-10-11(22)9-14(24)17(16)27-20(30)18-12-5-2-3-7-15(12)28-29(18)19-13(23)6-4-8-25-19/h2-10H,1H3,(H,26,31)(H,27,30). The maximum absolute atomic E-state index is 13.5. The number of anilines is 2. The SMILES string of the molecule is COC(=O)Nc1cc(Cl)cc(Cl)c1NC(=O)c1c2ccccc2nn1-c1ncccc1Cl. The number of rotatable bonds is 4. The van der Waals surface area contributed by atoms with Crippen LogP contribution in [0.1, 0.15) is 10.5 Å². The molecule has 0 spiro atoms. The second-order valence-electron chi connectivity index (χ2n) is 6.47. The Hall–Kier alpha value is -3.33. The molecule has 0 aliphatic carbocycles. The first-order chi connectivity index (χ1) is 15.4. The Labute approximate surface area is 197 Å². The number of pyridine rings is 1. The van der Waals surface area contributed by atoms with Gasteiger partial charge < -0.3 is 10.1 Å². The van der Waals surface area contributed by atoms with Gasteiger partial charge in [0.15, 0.2) is 5.82 Å². The molecule has 2 aromatic heterocycles. The second kappa shape index (κ2) is 9.04. The van der Waals surface area contributed by atoms with Crippen LogP contribution in [0.5, 0.6) is 0 Å². The molecule has 2 N–H and O–H groups in total. The molecule has 0 fully saturated rings. The molecular weight excluding hydrogens is 477 g/mol. The minimum absolute atomic E-state index is 0.114. The molecule has 0 bridgehead atoms. The summed E-state index contributed by atoms with van der Waals surface area (Å²) in [5, 5.41) is 11.0. The number of nitrogens with zero attached hydrogens (tertiary/aromatic N) is 3. The van der Waals surface area contributed by atoms with Crippen molar-refractivity contribution in [3.8, 4) is 5.82 Å². The number of halogens is 3. The van der Waals surface area contributed by atoms with Gasteiger partial charge in [0.2, 0.25) is 0 Å². The van der Waals surface area contributed by atoms with E-state index in [0.29, 0.717) is 15.9 Å². The highest BCUT2D eigenvalue weighted by atomic mass is 35.5. The quantitative estimate of drug-likeness (QED) is 0.376. The van der Waals surface area contributed by atoms with Crippen molar-refractivity contribution in [1.82, 2.24) is 14.8 Å². The van der Waals surface area contributed by atoms with Crippen LogP contribution in [0.25, 0.3) is 16.7 Å². The Bertz CT molecular complexity index is 1360. The van der Waals surface area contributed by atoms with Crippen molar-refractivity contribution in [2.45, 2.75) is 0 Å². The van der Waals surface area contributed by atoms with Gasteiger partial charge in [0.1, 0.15) is 5.69 Å². The Morgan fingerprint density at radius 1 is 1.00 bits per heavy atom. The van der Waals surface area contributed by atoms with E-state index >= 15 is 0 Å². The number of ether oxygens (including phenoxy) is 1. The normalized spacial score (nSPS) is 10.8. The van der Waals surface area contributed by atoms with Crippen LogP contribution < -0.4 is 10.6 Å². The van der Waals surface area contributed by atoms with Crippen molar-refractivity contribution in [3.63, 3.8) is 0 Å². The molecule has 2 aromatic carbocycles. The van der Waals surface area contributed by atoms with Gasteiger partial charge in [-0.2, -0.15) is 5.10 Å². The summed E-state index contributed by atoms with van der Waals surface area (Å²) < 4.78 is 5.99. The third kappa shape index (κ3) is 4.20. The summed E-state index contributed by atoms with van der Waals surface area (Å²) in [4.78, 5) is 29.5. The topological polar surface area (TPSA) is 98.1 Å². The molecule has 2 heterocycles. The lowest BCUT2D eigenvalue weighted by Crippen LogP contribution is -2.20. The summed E-state index contributed by atoms with van der Waals surface area (Å²) in [7, 11) is 1.21. The fourth-order valence-electron chi connectivity index (χ4n) is 3.07. The van der Waals surface area contributed by atoms with Crippen molar-refractivity contribution >= 4 is 69.1 Å². The average Bonchev–Trinajstić information content (AvgIpc) is 3.15. The number of hydrogen-bond donors (Lipinski definition) is 2. The molecule has 0 saturated carbocycles. The molecule has 0 atom stereocenters. The molecule has 4 rings (SSSR count). The maximum atomic E-state index is 13.5. The Balaban J connectivity index is 1.84. The molecule has 0 aliphatic heterocycles. The summed E-state index contributed by atoms with van der Waals surface area (Å²) in [5.41, 5.74) is 1.04. The van der Waals surface area contributed by atoms with Crippen molar-refractivity contribution < 1.29 is 14.3 Å². The molecule has 0 radical (unpaired) electrons. The van der Waals surface area contributed by atoms with Crippen LogP contribution in [0.3, 0.4) is 0 Å². The zero-order chi connectivity index (χ0) is 22.8. The number of carbonyl (C=O) groups excluding carboxylic acids is 2. The largest absolute Gasteiger partial charge is 0.453 e. The highest BCUT2D eigenvalue weighted by molar-refractivity contribution is 6.38. The fourth-order valence-corrected chi connectivity index (χ4v) is 3.81. The minimum Gasteiger partial charge on any atom is -0.453 e. The first-order valence-electron chi connectivity index (χ1n) is 9.13. The highest BCUT2D eigenvalue weighted by Crippen LogP contribution is 2.35. The van der Waals surface area contributed by atoms with Crippen LogP contribution >= 0.6 is 34.8 Å². The van der Waals surface area contributed by atoms with Crippen LogP contribution in [0.4, 0.5) is 16.2 Å². The molecule has 0 unspecified atom stereocenters. The number of methoxy groups -OCH3 is 1. The van der Waals surface area contributed by atoms with E-state index in [2.05, 4.69) is 25.5 Å². The van der Waals surface area contributed by atoms with Gasteiger partial charge in [0, 0.05) is 16.6 Å². The summed E-state index contributed by atoms with van der Waals surface area (Å²) in [6, 6.07) is 13.3. The van der Waals surface area contributed by atoms with Crippen LogP contribution in [-0.2, 0) is 4.74 Å². The number of nitrogens with one attached hydrogen (secondary N) is 2. The van der Waals surface area contributed by atoms with E-state index in [9.17, 15) is 9.59 Å². The van der Waals surface area contributed by atoms with Gasteiger partial charge in [-0.15, -0.1) is 0 Å². The van der Waals surface area contributed by atoms with Crippen molar-refractivity contribution in [1.29, 1.82) is 0 Å². The highest BCUT2D eigenvalue weighted by Gasteiger charge is 2.24. The van der Waals surface area contributed by atoms with Gasteiger partial charge in [-0.25, -0.2) is 14.5 Å². The number of hydrogen-bond acceptors (Lipinski definition) is 5.